The summed E-state index contributed by atoms with van der Waals surface area (Å²) in [6.45, 7) is 1.83. The number of hydrogen-bond acceptors (Lipinski definition) is 4. The number of carbonyl (C=O) groups excluding carboxylic acids is 1. The van der Waals surface area contributed by atoms with Gasteiger partial charge in [-0.25, -0.2) is 14.8 Å². The lowest BCUT2D eigenvalue weighted by atomic mass is 10.2. The van der Waals surface area contributed by atoms with E-state index in [0.717, 1.165) is 11.0 Å². The van der Waals surface area contributed by atoms with Crippen LogP contribution in [0.1, 0.15) is 21.7 Å². The summed E-state index contributed by atoms with van der Waals surface area (Å²) in [5.41, 5.74) is 3.01. The number of esters is 1. The van der Waals surface area contributed by atoms with Crippen molar-refractivity contribution in [2.45, 2.75) is 13.5 Å². The van der Waals surface area contributed by atoms with Gasteiger partial charge in [-0.15, -0.1) is 0 Å². The van der Waals surface area contributed by atoms with Crippen molar-refractivity contribution in [1.29, 1.82) is 0 Å². The fourth-order valence-electron chi connectivity index (χ4n) is 2.16. The number of halogens is 2. The molecule has 1 heterocycles. The number of aryl methyl sites for hydroxylation is 1. The number of para-hydroxylation sites is 2. The maximum Gasteiger partial charge on any atom is 0.341 e. The van der Waals surface area contributed by atoms with Crippen molar-refractivity contribution in [2.75, 3.05) is 0 Å². The second-order valence-electron chi connectivity index (χ2n) is 4.92. The molecule has 6 heteroatoms. The SMILES string of the molecule is Cc1nc2ccccc2nc1COC(=O)c1c(Cl)cccc1Cl. The molecule has 0 N–H and O–H groups in total. The van der Waals surface area contributed by atoms with Crippen molar-refractivity contribution in [1.82, 2.24) is 9.97 Å². The zero-order valence-electron chi connectivity index (χ0n) is 12.2. The largest absolute Gasteiger partial charge is 0.455 e. The first-order valence-electron chi connectivity index (χ1n) is 6.89. The molecule has 3 rings (SSSR count). The molecule has 0 unspecified atom stereocenters. The van der Waals surface area contributed by atoms with Gasteiger partial charge in [-0.3, -0.25) is 0 Å². The van der Waals surface area contributed by atoms with Crippen molar-refractivity contribution in [3.05, 3.63) is 69.5 Å². The molecule has 0 amide bonds. The Morgan fingerprint density at radius 2 is 1.61 bits per heavy atom. The van der Waals surface area contributed by atoms with Gasteiger partial charge in [0.2, 0.25) is 0 Å². The minimum Gasteiger partial charge on any atom is -0.455 e. The standard InChI is InChI=1S/C17H12Cl2N2O2/c1-10-15(21-14-8-3-2-7-13(14)20-10)9-23-17(22)16-11(18)5-4-6-12(16)19/h2-8H,9H2,1H3. The van der Waals surface area contributed by atoms with Crippen molar-refractivity contribution >= 4 is 40.2 Å². The monoisotopic (exact) mass is 346 g/mol. The lowest BCUT2D eigenvalue weighted by Crippen LogP contribution is -2.09. The van der Waals surface area contributed by atoms with E-state index >= 15 is 0 Å². The summed E-state index contributed by atoms with van der Waals surface area (Å²) in [6.07, 6.45) is 0. The zero-order chi connectivity index (χ0) is 16.4. The summed E-state index contributed by atoms with van der Waals surface area (Å²) in [6, 6.07) is 12.4. The van der Waals surface area contributed by atoms with E-state index in [4.69, 9.17) is 27.9 Å². The molecule has 0 aliphatic rings. The molecule has 0 radical (unpaired) electrons. The molecule has 0 aliphatic carbocycles. The predicted molar refractivity (Wildman–Crippen MR) is 89.9 cm³/mol. The number of rotatable bonds is 3. The number of benzene rings is 2. The Hall–Kier alpha value is -2.17. The van der Waals surface area contributed by atoms with Crippen LogP contribution in [0.15, 0.2) is 42.5 Å². The number of carbonyl (C=O) groups is 1. The topological polar surface area (TPSA) is 52.1 Å². The molecular weight excluding hydrogens is 335 g/mol. The third-order valence-electron chi connectivity index (χ3n) is 3.35. The lowest BCUT2D eigenvalue weighted by Gasteiger charge is -2.09. The third-order valence-corrected chi connectivity index (χ3v) is 3.98. The van der Waals surface area contributed by atoms with Gasteiger partial charge in [-0.1, -0.05) is 41.4 Å². The Balaban J connectivity index is 1.83. The van der Waals surface area contributed by atoms with Gasteiger partial charge in [-0.05, 0) is 31.2 Å². The summed E-state index contributed by atoms with van der Waals surface area (Å²) in [5.74, 6) is -0.588. The van der Waals surface area contributed by atoms with E-state index in [1.54, 1.807) is 18.2 Å². The minimum absolute atomic E-state index is 0.00402. The minimum atomic E-state index is -0.588. The fourth-order valence-corrected chi connectivity index (χ4v) is 2.71. The van der Waals surface area contributed by atoms with Crippen LogP contribution in [-0.2, 0) is 11.3 Å². The second kappa shape index (κ2) is 6.52. The Labute approximate surface area is 143 Å². The number of fused-ring (bicyclic) bond motifs is 1. The molecule has 1 aromatic heterocycles. The maximum absolute atomic E-state index is 12.2. The van der Waals surface area contributed by atoms with Crippen LogP contribution in [0.4, 0.5) is 0 Å². The van der Waals surface area contributed by atoms with Gasteiger partial charge in [-0.2, -0.15) is 0 Å². The molecule has 0 saturated carbocycles. The van der Waals surface area contributed by atoms with Crippen molar-refractivity contribution < 1.29 is 9.53 Å². The molecule has 23 heavy (non-hydrogen) atoms. The first-order valence-corrected chi connectivity index (χ1v) is 7.65. The van der Waals surface area contributed by atoms with E-state index in [0.29, 0.717) is 11.4 Å². The van der Waals surface area contributed by atoms with E-state index in [9.17, 15) is 4.79 Å². The molecule has 0 saturated heterocycles. The highest BCUT2D eigenvalue weighted by atomic mass is 35.5. The molecule has 0 bridgehead atoms. The molecule has 4 nitrogen and oxygen atoms in total. The van der Waals surface area contributed by atoms with Gasteiger partial charge in [0.25, 0.3) is 0 Å². The summed E-state index contributed by atoms with van der Waals surface area (Å²) >= 11 is 12.0. The fraction of sp³-hybridized carbons (Fsp3) is 0.118. The summed E-state index contributed by atoms with van der Waals surface area (Å²) in [7, 11) is 0. The highest BCUT2D eigenvalue weighted by Crippen LogP contribution is 2.25. The van der Waals surface area contributed by atoms with Crippen LogP contribution in [0.25, 0.3) is 11.0 Å². The molecule has 3 aromatic rings. The number of hydrogen-bond donors (Lipinski definition) is 0. The van der Waals surface area contributed by atoms with Crippen molar-refractivity contribution in [2.24, 2.45) is 0 Å². The second-order valence-corrected chi connectivity index (χ2v) is 5.73. The van der Waals surface area contributed by atoms with Crippen molar-refractivity contribution in [3.63, 3.8) is 0 Å². The molecule has 0 atom stereocenters. The van der Waals surface area contributed by atoms with Crippen LogP contribution < -0.4 is 0 Å². The quantitative estimate of drug-likeness (QED) is 0.650. The van der Waals surface area contributed by atoms with E-state index in [2.05, 4.69) is 9.97 Å². The summed E-state index contributed by atoms with van der Waals surface area (Å²) in [4.78, 5) is 21.1. The molecular formula is C17H12Cl2N2O2. The van der Waals surface area contributed by atoms with E-state index in [-0.39, 0.29) is 22.2 Å². The molecule has 116 valence electrons. The third kappa shape index (κ3) is 3.28. The smallest absolute Gasteiger partial charge is 0.341 e. The average molecular weight is 347 g/mol. The molecule has 0 fully saturated rings. The van der Waals surface area contributed by atoms with Gasteiger partial charge in [0.1, 0.15) is 6.61 Å². The Morgan fingerprint density at radius 3 is 2.26 bits per heavy atom. The number of nitrogens with zero attached hydrogens (tertiary/aromatic N) is 2. The molecule has 0 aliphatic heterocycles. The first kappa shape index (κ1) is 15.7. The average Bonchev–Trinajstić information content (AvgIpc) is 2.52. The van der Waals surface area contributed by atoms with Gasteiger partial charge in [0, 0.05) is 0 Å². The van der Waals surface area contributed by atoms with Crippen LogP contribution in [0, 0.1) is 6.92 Å². The highest BCUT2D eigenvalue weighted by Gasteiger charge is 2.17. The van der Waals surface area contributed by atoms with Crippen LogP contribution in [0.2, 0.25) is 10.0 Å². The number of ether oxygens (including phenoxy) is 1. The van der Waals surface area contributed by atoms with Crippen LogP contribution in [-0.4, -0.2) is 15.9 Å². The van der Waals surface area contributed by atoms with E-state index in [1.165, 1.54) is 0 Å². The highest BCUT2D eigenvalue weighted by molar-refractivity contribution is 6.39. The van der Waals surface area contributed by atoms with Gasteiger partial charge >= 0.3 is 5.97 Å². The van der Waals surface area contributed by atoms with Gasteiger partial charge in [0.15, 0.2) is 0 Å². The van der Waals surface area contributed by atoms with Crippen LogP contribution >= 0.6 is 23.2 Å². The molecule has 2 aromatic carbocycles. The van der Waals surface area contributed by atoms with E-state index in [1.807, 2.05) is 31.2 Å². The molecule has 0 spiro atoms. The Kier molecular flexibility index (Phi) is 4.46. The van der Waals surface area contributed by atoms with Crippen LogP contribution in [0.3, 0.4) is 0 Å². The summed E-state index contributed by atoms with van der Waals surface area (Å²) in [5, 5.41) is 0.507. The van der Waals surface area contributed by atoms with Gasteiger partial charge in [0.05, 0.1) is 38.0 Å². The Morgan fingerprint density at radius 1 is 1.00 bits per heavy atom. The van der Waals surface area contributed by atoms with Crippen LogP contribution in [0.5, 0.6) is 0 Å². The Bertz CT molecular complexity index is 877. The summed E-state index contributed by atoms with van der Waals surface area (Å²) < 4.78 is 5.30. The zero-order valence-corrected chi connectivity index (χ0v) is 13.7. The first-order chi connectivity index (χ1) is 11.1. The maximum atomic E-state index is 12.2. The normalized spacial score (nSPS) is 10.7. The van der Waals surface area contributed by atoms with Crippen molar-refractivity contribution in [3.8, 4) is 0 Å². The van der Waals surface area contributed by atoms with Gasteiger partial charge < -0.3 is 4.74 Å². The van der Waals surface area contributed by atoms with E-state index < -0.39 is 5.97 Å². The lowest BCUT2D eigenvalue weighted by molar-refractivity contribution is 0.0467. The predicted octanol–water partition coefficient (Wildman–Crippen LogP) is 4.60. The number of aromatic nitrogens is 2.